The van der Waals surface area contributed by atoms with E-state index in [2.05, 4.69) is 40.4 Å². The van der Waals surface area contributed by atoms with Crippen molar-refractivity contribution in [2.24, 2.45) is 0 Å². The monoisotopic (exact) mass is 342 g/mol. The molecule has 1 N–H and O–H groups in total. The van der Waals surface area contributed by atoms with E-state index in [0.29, 0.717) is 12.0 Å². The zero-order valence-corrected chi connectivity index (χ0v) is 15.6. The number of piperidine rings is 1. The second-order valence-corrected chi connectivity index (χ2v) is 7.42. The number of hydrogen-bond donors (Lipinski definition) is 1. The molecule has 136 valence electrons. The van der Waals surface area contributed by atoms with Crippen LogP contribution in [0.4, 0.5) is 0 Å². The lowest BCUT2D eigenvalue weighted by Crippen LogP contribution is -2.36. The summed E-state index contributed by atoms with van der Waals surface area (Å²) in [6.45, 7) is 9.51. The van der Waals surface area contributed by atoms with Crippen LogP contribution in [0.15, 0.2) is 30.3 Å². The number of nitrogens with zero attached hydrogens (tertiary/aromatic N) is 4. The van der Waals surface area contributed by atoms with E-state index in [0.717, 1.165) is 56.1 Å². The standard InChI is InChI=1S/C20H30N4O/c1-15(2)20-22-21-16(3)24(20)18-9-12-23(13-10-18)14-11-19(25)17-7-5-4-6-8-17/h4-8,15,18-19,25H,9-14H2,1-3H3. The lowest BCUT2D eigenvalue weighted by atomic mass is 10.0. The number of benzene rings is 1. The zero-order chi connectivity index (χ0) is 17.8. The van der Waals surface area contributed by atoms with E-state index in [1.165, 1.54) is 0 Å². The Bertz CT molecular complexity index is 660. The lowest BCUT2D eigenvalue weighted by molar-refractivity contribution is 0.123. The van der Waals surface area contributed by atoms with Gasteiger partial charge in [-0.2, -0.15) is 0 Å². The second kappa shape index (κ2) is 8.11. The maximum absolute atomic E-state index is 10.3. The van der Waals surface area contributed by atoms with Crippen molar-refractivity contribution in [3.63, 3.8) is 0 Å². The third-order valence-corrected chi connectivity index (χ3v) is 5.23. The van der Waals surface area contributed by atoms with Gasteiger partial charge in [0, 0.05) is 31.6 Å². The molecule has 1 aliphatic heterocycles. The Kier molecular flexibility index (Phi) is 5.86. The highest BCUT2D eigenvalue weighted by Crippen LogP contribution is 2.28. The van der Waals surface area contributed by atoms with Gasteiger partial charge in [-0.05, 0) is 31.7 Å². The minimum Gasteiger partial charge on any atom is -0.388 e. The first-order valence-electron chi connectivity index (χ1n) is 9.43. The highest BCUT2D eigenvalue weighted by Gasteiger charge is 2.25. The molecule has 0 radical (unpaired) electrons. The molecule has 1 aromatic heterocycles. The van der Waals surface area contributed by atoms with Crippen molar-refractivity contribution < 1.29 is 5.11 Å². The molecule has 5 heteroatoms. The van der Waals surface area contributed by atoms with Crippen LogP contribution in [0.3, 0.4) is 0 Å². The van der Waals surface area contributed by atoms with Crippen LogP contribution in [0.5, 0.6) is 0 Å². The Hall–Kier alpha value is -1.72. The number of aliphatic hydroxyl groups is 1. The van der Waals surface area contributed by atoms with Gasteiger partial charge < -0.3 is 14.6 Å². The van der Waals surface area contributed by atoms with Crippen molar-refractivity contribution in [2.45, 2.75) is 58.1 Å². The van der Waals surface area contributed by atoms with Crippen molar-refractivity contribution >= 4 is 0 Å². The molecule has 25 heavy (non-hydrogen) atoms. The fourth-order valence-corrected chi connectivity index (χ4v) is 3.78. The molecule has 5 nitrogen and oxygen atoms in total. The Morgan fingerprint density at radius 3 is 2.44 bits per heavy atom. The van der Waals surface area contributed by atoms with Crippen molar-refractivity contribution in [3.8, 4) is 0 Å². The third-order valence-electron chi connectivity index (χ3n) is 5.23. The molecule has 0 bridgehead atoms. The van der Waals surface area contributed by atoms with Crippen molar-refractivity contribution in [1.29, 1.82) is 0 Å². The first-order valence-corrected chi connectivity index (χ1v) is 9.43. The number of aliphatic hydroxyl groups excluding tert-OH is 1. The van der Waals surface area contributed by atoms with Crippen LogP contribution in [-0.4, -0.2) is 44.4 Å². The molecule has 0 aliphatic carbocycles. The van der Waals surface area contributed by atoms with Crippen LogP contribution in [0.1, 0.15) is 68.4 Å². The van der Waals surface area contributed by atoms with Crippen LogP contribution in [0, 0.1) is 6.92 Å². The summed E-state index contributed by atoms with van der Waals surface area (Å²) in [5.74, 6) is 2.54. The van der Waals surface area contributed by atoms with E-state index < -0.39 is 0 Å². The van der Waals surface area contributed by atoms with Crippen LogP contribution in [0.2, 0.25) is 0 Å². The molecule has 0 saturated carbocycles. The summed E-state index contributed by atoms with van der Waals surface area (Å²) in [7, 11) is 0. The first kappa shape index (κ1) is 18.1. The molecule has 1 aromatic carbocycles. The smallest absolute Gasteiger partial charge is 0.135 e. The van der Waals surface area contributed by atoms with Gasteiger partial charge in [0.05, 0.1) is 6.10 Å². The maximum Gasteiger partial charge on any atom is 0.135 e. The maximum atomic E-state index is 10.3. The minimum atomic E-state index is -0.369. The van der Waals surface area contributed by atoms with Gasteiger partial charge in [-0.15, -0.1) is 10.2 Å². The van der Waals surface area contributed by atoms with Gasteiger partial charge in [-0.3, -0.25) is 0 Å². The summed E-state index contributed by atoms with van der Waals surface area (Å²) in [6.07, 6.45) is 2.67. The number of aryl methyl sites for hydroxylation is 1. The fourth-order valence-electron chi connectivity index (χ4n) is 3.78. The SMILES string of the molecule is Cc1nnc(C(C)C)n1C1CCN(CCC(O)c2ccccc2)CC1. The molecule has 1 atom stereocenters. The largest absolute Gasteiger partial charge is 0.388 e. The quantitative estimate of drug-likeness (QED) is 0.873. The van der Waals surface area contributed by atoms with Gasteiger partial charge in [0.1, 0.15) is 11.6 Å². The summed E-state index contributed by atoms with van der Waals surface area (Å²) >= 11 is 0. The molecule has 2 heterocycles. The minimum absolute atomic E-state index is 0.369. The van der Waals surface area contributed by atoms with Gasteiger partial charge in [0.25, 0.3) is 0 Å². The molecule has 1 fully saturated rings. The van der Waals surface area contributed by atoms with Crippen molar-refractivity contribution in [2.75, 3.05) is 19.6 Å². The molecule has 1 aliphatic rings. The Labute approximate surface area is 150 Å². The molecule has 3 rings (SSSR count). The third kappa shape index (κ3) is 4.28. The summed E-state index contributed by atoms with van der Waals surface area (Å²) < 4.78 is 2.35. The number of hydrogen-bond acceptors (Lipinski definition) is 4. The van der Waals surface area contributed by atoms with E-state index in [-0.39, 0.29) is 6.10 Å². The van der Waals surface area contributed by atoms with Crippen LogP contribution in [0.25, 0.3) is 0 Å². The van der Waals surface area contributed by atoms with Crippen molar-refractivity contribution in [3.05, 3.63) is 47.5 Å². The van der Waals surface area contributed by atoms with E-state index in [1.54, 1.807) is 0 Å². The molecule has 0 spiro atoms. The predicted octanol–water partition coefficient (Wildman–Crippen LogP) is 3.47. The topological polar surface area (TPSA) is 54.2 Å². The lowest BCUT2D eigenvalue weighted by Gasteiger charge is -2.34. The number of aromatic nitrogens is 3. The fraction of sp³-hybridized carbons (Fsp3) is 0.600. The molecule has 1 unspecified atom stereocenters. The van der Waals surface area contributed by atoms with E-state index in [9.17, 15) is 5.11 Å². The summed E-state index contributed by atoms with van der Waals surface area (Å²) in [5.41, 5.74) is 1.01. The summed E-state index contributed by atoms with van der Waals surface area (Å²) in [6, 6.07) is 10.5. The highest BCUT2D eigenvalue weighted by molar-refractivity contribution is 5.17. The van der Waals surface area contributed by atoms with Crippen molar-refractivity contribution in [1.82, 2.24) is 19.7 Å². The highest BCUT2D eigenvalue weighted by atomic mass is 16.3. The Morgan fingerprint density at radius 2 is 1.80 bits per heavy atom. The van der Waals surface area contributed by atoms with Gasteiger partial charge >= 0.3 is 0 Å². The Morgan fingerprint density at radius 1 is 1.12 bits per heavy atom. The molecule has 2 aromatic rings. The van der Waals surface area contributed by atoms with Crippen LogP contribution in [-0.2, 0) is 0 Å². The second-order valence-electron chi connectivity index (χ2n) is 7.42. The predicted molar refractivity (Wildman–Crippen MR) is 99.6 cm³/mol. The zero-order valence-electron chi connectivity index (χ0n) is 15.6. The van der Waals surface area contributed by atoms with Gasteiger partial charge in [0.2, 0.25) is 0 Å². The first-order chi connectivity index (χ1) is 12.1. The summed E-state index contributed by atoms with van der Waals surface area (Å²) in [5, 5.41) is 19.0. The number of rotatable bonds is 6. The number of likely N-dealkylation sites (tertiary alicyclic amines) is 1. The molecular weight excluding hydrogens is 312 g/mol. The van der Waals surface area contributed by atoms with E-state index >= 15 is 0 Å². The normalized spacial score (nSPS) is 18.0. The average molecular weight is 342 g/mol. The molecule has 1 saturated heterocycles. The summed E-state index contributed by atoms with van der Waals surface area (Å²) in [4.78, 5) is 2.47. The van der Waals surface area contributed by atoms with Crippen LogP contribution >= 0.6 is 0 Å². The average Bonchev–Trinajstić information content (AvgIpc) is 3.03. The van der Waals surface area contributed by atoms with Gasteiger partial charge in [-0.1, -0.05) is 44.2 Å². The Balaban J connectivity index is 1.52. The van der Waals surface area contributed by atoms with E-state index in [4.69, 9.17) is 0 Å². The van der Waals surface area contributed by atoms with Gasteiger partial charge in [0.15, 0.2) is 0 Å². The van der Waals surface area contributed by atoms with E-state index in [1.807, 2.05) is 30.3 Å². The van der Waals surface area contributed by atoms with Crippen LogP contribution < -0.4 is 0 Å². The molecule has 0 amide bonds. The van der Waals surface area contributed by atoms with Gasteiger partial charge in [-0.25, -0.2) is 0 Å². The molecular formula is C20H30N4O.